The van der Waals surface area contributed by atoms with E-state index in [4.69, 9.17) is 9.47 Å². The first-order chi connectivity index (χ1) is 12.4. The molecule has 0 amide bonds. The molecule has 2 aromatic rings. The summed E-state index contributed by atoms with van der Waals surface area (Å²) < 4.78 is 11.9. The molecule has 0 spiro atoms. The molecule has 1 unspecified atom stereocenters. The Morgan fingerprint density at radius 2 is 1.81 bits per heavy atom. The molecule has 0 heterocycles. The maximum absolute atomic E-state index is 10.6. The number of nitrogens with zero attached hydrogens (tertiary/aromatic N) is 1. The van der Waals surface area contributed by atoms with E-state index in [1.54, 1.807) is 6.92 Å². The van der Waals surface area contributed by atoms with E-state index in [1.165, 1.54) is 0 Å². The van der Waals surface area contributed by atoms with Crippen LogP contribution in [0.3, 0.4) is 0 Å². The van der Waals surface area contributed by atoms with E-state index in [9.17, 15) is 10.4 Å². The largest absolute Gasteiger partial charge is 0.490 e. The lowest BCUT2D eigenvalue weighted by atomic mass is 9.91. The van der Waals surface area contributed by atoms with Gasteiger partial charge in [0.1, 0.15) is 11.9 Å². The lowest BCUT2D eigenvalue weighted by Crippen LogP contribution is -2.44. The van der Waals surface area contributed by atoms with Crippen molar-refractivity contribution in [2.75, 3.05) is 0 Å². The second kappa shape index (κ2) is 7.49. The molecule has 136 valence electrons. The van der Waals surface area contributed by atoms with Crippen LogP contribution in [0.1, 0.15) is 56.2 Å². The summed E-state index contributed by atoms with van der Waals surface area (Å²) in [5.74, 6) is -0.242. The third-order valence-electron chi connectivity index (χ3n) is 4.83. The van der Waals surface area contributed by atoms with Gasteiger partial charge in [0.2, 0.25) is 0 Å². The molecule has 1 atom stereocenters. The van der Waals surface area contributed by atoms with Crippen molar-refractivity contribution in [2.24, 2.45) is 0 Å². The van der Waals surface area contributed by atoms with E-state index in [0.717, 1.165) is 29.7 Å². The summed E-state index contributed by atoms with van der Waals surface area (Å²) in [4.78, 5) is 0. The molecule has 4 heteroatoms. The van der Waals surface area contributed by atoms with E-state index in [2.05, 4.69) is 19.9 Å². The third-order valence-corrected chi connectivity index (χ3v) is 4.83. The highest BCUT2D eigenvalue weighted by Crippen LogP contribution is 2.35. The van der Waals surface area contributed by atoms with Crippen molar-refractivity contribution in [2.45, 2.75) is 57.5 Å². The van der Waals surface area contributed by atoms with Gasteiger partial charge in [-0.15, -0.1) is 0 Å². The first-order valence-corrected chi connectivity index (χ1v) is 9.05. The van der Waals surface area contributed by atoms with Gasteiger partial charge in [-0.1, -0.05) is 44.2 Å². The van der Waals surface area contributed by atoms with Gasteiger partial charge < -0.3 is 14.6 Å². The molecule has 1 fully saturated rings. The van der Waals surface area contributed by atoms with Gasteiger partial charge in [0.25, 0.3) is 0 Å². The summed E-state index contributed by atoms with van der Waals surface area (Å²) in [6.07, 6.45) is 1.51. The predicted octanol–water partition coefficient (Wildman–Crippen LogP) is 4.47. The summed E-state index contributed by atoms with van der Waals surface area (Å²) >= 11 is 0. The fraction of sp³-hybridized carbons (Fsp3) is 0.409. The molecule has 1 saturated carbocycles. The number of aliphatic hydroxyl groups is 1. The van der Waals surface area contributed by atoms with E-state index >= 15 is 0 Å². The second-order valence-electron chi connectivity index (χ2n) is 7.32. The SMILES string of the molecule is CC(C)c1cc(O[C@H]2C[C@@H](OC(C)(O)c3ccccc3)C2)ccc1C#N. The van der Waals surface area contributed by atoms with Crippen molar-refractivity contribution in [3.05, 3.63) is 65.2 Å². The molecule has 0 saturated heterocycles. The zero-order valence-electron chi connectivity index (χ0n) is 15.5. The van der Waals surface area contributed by atoms with Gasteiger partial charge in [-0.25, -0.2) is 0 Å². The summed E-state index contributed by atoms with van der Waals surface area (Å²) in [5.41, 5.74) is 2.45. The van der Waals surface area contributed by atoms with Crippen LogP contribution in [0.25, 0.3) is 0 Å². The standard InChI is InChI=1S/C22H25NO3/c1-15(2)21-13-18(10-9-16(21)14-23)25-19-11-20(12-19)26-22(3,24)17-7-5-4-6-8-17/h4-10,13,15,19-20,24H,11-12H2,1-3H3/t19-,20+,22?. The fourth-order valence-corrected chi connectivity index (χ4v) is 3.24. The van der Waals surface area contributed by atoms with E-state index in [0.29, 0.717) is 5.56 Å². The van der Waals surface area contributed by atoms with Crippen LogP contribution in [0.15, 0.2) is 48.5 Å². The molecule has 1 N–H and O–H groups in total. The maximum atomic E-state index is 10.6. The molecule has 0 bridgehead atoms. The minimum absolute atomic E-state index is 0.0295. The Morgan fingerprint density at radius 1 is 1.12 bits per heavy atom. The van der Waals surface area contributed by atoms with Gasteiger partial charge in [-0.2, -0.15) is 5.26 Å². The highest BCUT2D eigenvalue weighted by atomic mass is 16.6. The Hall–Kier alpha value is -2.35. The Balaban J connectivity index is 1.56. The van der Waals surface area contributed by atoms with Crippen LogP contribution in [0.4, 0.5) is 0 Å². The van der Waals surface area contributed by atoms with E-state index < -0.39 is 5.79 Å². The van der Waals surface area contributed by atoms with Crippen LogP contribution >= 0.6 is 0 Å². The zero-order chi connectivity index (χ0) is 18.7. The number of benzene rings is 2. The van der Waals surface area contributed by atoms with Crippen LogP contribution in [0.5, 0.6) is 5.75 Å². The molecule has 1 aliphatic rings. The molecule has 0 radical (unpaired) electrons. The van der Waals surface area contributed by atoms with Crippen molar-refractivity contribution in [1.82, 2.24) is 0 Å². The lowest BCUT2D eigenvalue weighted by molar-refractivity contribution is -0.251. The van der Waals surface area contributed by atoms with Crippen LogP contribution in [0, 0.1) is 11.3 Å². The van der Waals surface area contributed by atoms with Gasteiger partial charge in [0, 0.05) is 18.4 Å². The Kier molecular flexibility index (Phi) is 5.31. The van der Waals surface area contributed by atoms with Crippen molar-refractivity contribution in [1.29, 1.82) is 5.26 Å². The molecule has 2 aromatic carbocycles. The van der Waals surface area contributed by atoms with Crippen LogP contribution < -0.4 is 4.74 Å². The lowest BCUT2D eigenvalue weighted by Gasteiger charge is -2.39. The number of nitriles is 1. The zero-order valence-corrected chi connectivity index (χ0v) is 15.5. The number of ether oxygens (including phenoxy) is 2. The van der Waals surface area contributed by atoms with Gasteiger partial charge in [0.05, 0.1) is 17.7 Å². The Labute approximate surface area is 155 Å². The molecule has 26 heavy (non-hydrogen) atoms. The Morgan fingerprint density at radius 3 is 2.42 bits per heavy atom. The average Bonchev–Trinajstić information content (AvgIpc) is 2.60. The van der Waals surface area contributed by atoms with E-state index in [-0.39, 0.29) is 18.1 Å². The summed E-state index contributed by atoms with van der Waals surface area (Å²) in [7, 11) is 0. The second-order valence-corrected chi connectivity index (χ2v) is 7.32. The molecule has 0 aliphatic heterocycles. The summed E-state index contributed by atoms with van der Waals surface area (Å²) in [6.45, 7) is 5.81. The van der Waals surface area contributed by atoms with Gasteiger partial charge in [-0.05, 0) is 36.6 Å². The average molecular weight is 351 g/mol. The van der Waals surface area contributed by atoms with Crippen molar-refractivity contribution < 1.29 is 14.6 Å². The van der Waals surface area contributed by atoms with Crippen LogP contribution in [-0.2, 0) is 10.5 Å². The highest BCUT2D eigenvalue weighted by molar-refractivity contribution is 5.44. The van der Waals surface area contributed by atoms with Crippen molar-refractivity contribution >= 4 is 0 Å². The third kappa shape index (κ3) is 4.07. The normalized spacial score (nSPS) is 21.5. The first kappa shape index (κ1) is 18.4. The minimum atomic E-state index is -1.30. The monoisotopic (exact) mass is 351 g/mol. The predicted molar refractivity (Wildman–Crippen MR) is 99.8 cm³/mol. The number of hydrogen-bond acceptors (Lipinski definition) is 4. The van der Waals surface area contributed by atoms with E-state index in [1.807, 2.05) is 48.5 Å². The molecular formula is C22H25NO3. The summed E-state index contributed by atoms with van der Waals surface area (Å²) in [5, 5.41) is 19.8. The molecule has 4 nitrogen and oxygen atoms in total. The van der Waals surface area contributed by atoms with Crippen molar-refractivity contribution in [3.8, 4) is 11.8 Å². The number of hydrogen-bond donors (Lipinski definition) is 1. The highest BCUT2D eigenvalue weighted by Gasteiger charge is 2.37. The van der Waals surface area contributed by atoms with Crippen molar-refractivity contribution in [3.63, 3.8) is 0 Å². The van der Waals surface area contributed by atoms with Crippen LogP contribution in [-0.4, -0.2) is 17.3 Å². The minimum Gasteiger partial charge on any atom is -0.490 e. The number of rotatable bonds is 6. The Bertz CT molecular complexity index is 787. The molecule has 0 aromatic heterocycles. The first-order valence-electron chi connectivity index (χ1n) is 9.05. The topological polar surface area (TPSA) is 62.5 Å². The quantitative estimate of drug-likeness (QED) is 0.780. The molecular weight excluding hydrogens is 326 g/mol. The molecule has 3 rings (SSSR count). The molecule has 1 aliphatic carbocycles. The smallest absolute Gasteiger partial charge is 0.189 e. The van der Waals surface area contributed by atoms with Crippen LogP contribution in [0.2, 0.25) is 0 Å². The van der Waals surface area contributed by atoms with Gasteiger partial charge in [0.15, 0.2) is 5.79 Å². The van der Waals surface area contributed by atoms with Gasteiger partial charge >= 0.3 is 0 Å². The fourth-order valence-electron chi connectivity index (χ4n) is 3.24. The maximum Gasteiger partial charge on any atom is 0.189 e. The van der Waals surface area contributed by atoms with Gasteiger partial charge in [-0.3, -0.25) is 0 Å². The summed E-state index contributed by atoms with van der Waals surface area (Å²) in [6, 6.07) is 17.2.